The Morgan fingerprint density at radius 3 is 2.78 bits per heavy atom. The van der Waals surface area contributed by atoms with Crippen LogP contribution in [0.2, 0.25) is 0 Å². The lowest BCUT2D eigenvalue weighted by Gasteiger charge is -2.13. The average Bonchev–Trinajstić information content (AvgIpc) is 2.59. The minimum atomic E-state index is -0.0887. The minimum Gasteiger partial charge on any atom is -0.497 e. The molecule has 0 fully saturated rings. The topological polar surface area (TPSA) is 53.4 Å². The predicted molar refractivity (Wildman–Crippen MR) is 92.4 cm³/mol. The van der Waals surface area contributed by atoms with E-state index in [2.05, 4.69) is 20.9 Å². The molecule has 0 saturated carbocycles. The lowest BCUT2D eigenvalue weighted by Crippen LogP contribution is -2.21. The molecule has 0 amide bonds. The fraction of sp³-hybridized carbons (Fsp3) is 0.176. The van der Waals surface area contributed by atoms with Gasteiger partial charge in [0.05, 0.1) is 36.1 Å². The number of benzene rings is 1. The van der Waals surface area contributed by atoms with Crippen LogP contribution < -0.4 is 15.0 Å². The van der Waals surface area contributed by atoms with Crippen LogP contribution in [0.15, 0.2) is 52.0 Å². The van der Waals surface area contributed by atoms with Crippen LogP contribution in [0.25, 0.3) is 10.9 Å². The van der Waals surface area contributed by atoms with Gasteiger partial charge in [-0.2, -0.15) is 0 Å². The molecule has 3 rings (SSSR count). The molecule has 1 aromatic carbocycles. The highest BCUT2D eigenvalue weighted by Crippen LogP contribution is 2.26. The maximum absolute atomic E-state index is 12.6. The van der Waals surface area contributed by atoms with Gasteiger partial charge in [-0.1, -0.05) is 0 Å². The Balaban J connectivity index is 2.09. The lowest BCUT2D eigenvalue weighted by atomic mass is 10.1. The summed E-state index contributed by atoms with van der Waals surface area (Å²) in [6.07, 6.45) is 3.42. The zero-order valence-corrected chi connectivity index (χ0v) is 14.3. The van der Waals surface area contributed by atoms with Crippen LogP contribution in [0.1, 0.15) is 5.56 Å². The highest BCUT2D eigenvalue weighted by Gasteiger charge is 2.11. The van der Waals surface area contributed by atoms with Crippen molar-refractivity contribution < 1.29 is 9.47 Å². The summed E-state index contributed by atoms with van der Waals surface area (Å²) in [6, 6.07) is 9.08. The molecule has 0 radical (unpaired) electrons. The van der Waals surface area contributed by atoms with E-state index in [4.69, 9.17) is 9.47 Å². The molecule has 0 aliphatic rings. The number of ether oxygens (including phenoxy) is 2. The minimum absolute atomic E-state index is 0.0887. The van der Waals surface area contributed by atoms with Crippen molar-refractivity contribution in [3.8, 4) is 11.5 Å². The first-order valence-electron chi connectivity index (χ1n) is 6.98. The van der Waals surface area contributed by atoms with E-state index in [0.717, 1.165) is 10.0 Å². The number of pyridine rings is 2. The van der Waals surface area contributed by atoms with E-state index in [1.807, 2.05) is 12.1 Å². The van der Waals surface area contributed by atoms with Crippen molar-refractivity contribution in [2.24, 2.45) is 0 Å². The largest absolute Gasteiger partial charge is 0.497 e. The molecule has 118 valence electrons. The summed E-state index contributed by atoms with van der Waals surface area (Å²) in [7, 11) is 3.20. The number of nitrogens with zero attached hydrogens (tertiary/aromatic N) is 2. The Bertz CT molecular complexity index is 921. The molecule has 3 aromatic rings. The second-order valence-corrected chi connectivity index (χ2v) is 5.84. The summed E-state index contributed by atoms with van der Waals surface area (Å²) in [6.45, 7) is 0.398. The van der Waals surface area contributed by atoms with Crippen LogP contribution in [-0.4, -0.2) is 23.8 Å². The molecule has 0 saturated heterocycles. The number of hydrogen-bond acceptors (Lipinski definition) is 4. The summed E-state index contributed by atoms with van der Waals surface area (Å²) in [5.74, 6) is 1.39. The summed E-state index contributed by atoms with van der Waals surface area (Å²) in [5, 5.41) is 0.578. The van der Waals surface area contributed by atoms with Gasteiger partial charge in [0.15, 0.2) is 0 Å². The molecular formula is C17H15BrN2O3. The number of hydrogen-bond donors (Lipinski definition) is 0. The van der Waals surface area contributed by atoms with Gasteiger partial charge in [0.25, 0.3) is 5.56 Å². The van der Waals surface area contributed by atoms with E-state index in [1.165, 1.54) is 0 Å². The second-order valence-electron chi connectivity index (χ2n) is 4.99. The Labute approximate surface area is 141 Å². The number of halogens is 1. The van der Waals surface area contributed by atoms with Crippen LogP contribution in [0.4, 0.5) is 0 Å². The van der Waals surface area contributed by atoms with Crippen LogP contribution in [-0.2, 0) is 6.54 Å². The van der Waals surface area contributed by atoms with Crippen molar-refractivity contribution in [3.05, 3.63) is 63.1 Å². The van der Waals surface area contributed by atoms with E-state index in [1.54, 1.807) is 49.4 Å². The summed E-state index contributed by atoms with van der Waals surface area (Å²) in [4.78, 5) is 16.9. The zero-order chi connectivity index (χ0) is 16.4. The predicted octanol–water partition coefficient (Wildman–Crippen LogP) is 3.22. The molecule has 6 heteroatoms. The molecule has 0 bridgehead atoms. The highest BCUT2D eigenvalue weighted by molar-refractivity contribution is 9.10. The van der Waals surface area contributed by atoms with Crippen LogP contribution in [0.3, 0.4) is 0 Å². The smallest absolute Gasteiger partial charge is 0.260 e. The molecule has 23 heavy (non-hydrogen) atoms. The van der Waals surface area contributed by atoms with Crippen molar-refractivity contribution in [1.29, 1.82) is 0 Å². The molecular weight excluding hydrogens is 360 g/mol. The molecule has 0 aliphatic heterocycles. The molecule has 0 unspecified atom stereocenters. The maximum atomic E-state index is 12.6. The van der Waals surface area contributed by atoms with Crippen LogP contribution in [0.5, 0.6) is 11.5 Å². The molecule has 2 aromatic heterocycles. The molecule has 0 N–H and O–H groups in total. The van der Waals surface area contributed by atoms with E-state index in [0.29, 0.717) is 28.9 Å². The van der Waals surface area contributed by atoms with Gasteiger partial charge in [0, 0.05) is 24.0 Å². The summed E-state index contributed by atoms with van der Waals surface area (Å²) < 4.78 is 13.0. The number of methoxy groups -OCH3 is 2. The first-order valence-corrected chi connectivity index (χ1v) is 7.78. The van der Waals surface area contributed by atoms with E-state index in [-0.39, 0.29) is 5.56 Å². The maximum Gasteiger partial charge on any atom is 0.260 e. The normalized spacial score (nSPS) is 10.7. The number of fused-ring (bicyclic) bond motifs is 1. The molecule has 0 aliphatic carbocycles. The van der Waals surface area contributed by atoms with Crippen molar-refractivity contribution in [2.45, 2.75) is 6.54 Å². The zero-order valence-electron chi connectivity index (χ0n) is 12.7. The van der Waals surface area contributed by atoms with Crippen LogP contribution in [0, 0.1) is 0 Å². The van der Waals surface area contributed by atoms with Gasteiger partial charge in [-0.05, 0) is 40.2 Å². The molecule has 2 heterocycles. The van der Waals surface area contributed by atoms with E-state index < -0.39 is 0 Å². The lowest BCUT2D eigenvalue weighted by molar-refractivity contribution is 0.390. The van der Waals surface area contributed by atoms with Crippen molar-refractivity contribution >= 4 is 26.8 Å². The SMILES string of the molecule is COc1ccc(Cn2cc(Br)c3ncccc3c2=O)c(OC)c1. The third-order valence-electron chi connectivity index (χ3n) is 3.63. The summed E-state index contributed by atoms with van der Waals surface area (Å²) >= 11 is 3.48. The third kappa shape index (κ3) is 2.94. The van der Waals surface area contributed by atoms with Crippen molar-refractivity contribution in [3.63, 3.8) is 0 Å². The molecule has 0 atom stereocenters. The van der Waals surface area contributed by atoms with Gasteiger partial charge in [0.1, 0.15) is 11.5 Å². The van der Waals surface area contributed by atoms with Crippen molar-refractivity contribution in [2.75, 3.05) is 14.2 Å². The van der Waals surface area contributed by atoms with Gasteiger partial charge in [0.2, 0.25) is 0 Å². The van der Waals surface area contributed by atoms with E-state index >= 15 is 0 Å². The Morgan fingerprint density at radius 1 is 1.22 bits per heavy atom. The highest BCUT2D eigenvalue weighted by atomic mass is 79.9. The van der Waals surface area contributed by atoms with Gasteiger partial charge in [-0.15, -0.1) is 0 Å². The Morgan fingerprint density at radius 2 is 2.04 bits per heavy atom. The number of rotatable bonds is 4. The quantitative estimate of drug-likeness (QED) is 0.703. The second kappa shape index (κ2) is 6.42. The van der Waals surface area contributed by atoms with E-state index in [9.17, 15) is 4.79 Å². The van der Waals surface area contributed by atoms with Crippen molar-refractivity contribution in [1.82, 2.24) is 9.55 Å². The van der Waals surface area contributed by atoms with Gasteiger partial charge >= 0.3 is 0 Å². The Hall–Kier alpha value is -2.34. The molecule has 0 spiro atoms. The van der Waals surface area contributed by atoms with Gasteiger partial charge in [-0.25, -0.2) is 0 Å². The van der Waals surface area contributed by atoms with Crippen LogP contribution >= 0.6 is 15.9 Å². The third-order valence-corrected chi connectivity index (χ3v) is 4.21. The summed E-state index contributed by atoms with van der Waals surface area (Å²) in [5.41, 5.74) is 1.47. The monoisotopic (exact) mass is 374 g/mol. The Kier molecular flexibility index (Phi) is 4.34. The fourth-order valence-corrected chi connectivity index (χ4v) is 3.03. The first kappa shape index (κ1) is 15.6. The standard InChI is InChI=1S/C17H15BrN2O3/c1-22-12-6-5-11(15(8-12)23-2)9-20-10-14(18)16-13(17(20)21)4-3-7-19-16/h3-8,10H,9H2,1-2H3. The number of aromatic nitrogens is 2. The first-order chi connectivity index (χ1) is 11.1. The van der Waals surface area contributed by atoms with Gasteiger partial charge in [-0.3, -0.25) is 9.78 Å². The fourth-order valence-electron chi connectivity index (χ4n) is 2.46. The molecule has 5 nitrogen and oxygen atoms in total. The van der Waals surface area contributed by atoms with Gasteiger partial charge < -0.3 is 14.0 Å². The average molecular weight is 375 g/mol.